The maximum Gasteiger partial charge on any atom is 0.316 e. The highest BCUT2D eigenvalue weighted by Gasteiger charge is 2.27. The Balaban J connectivity index is 2.30. The predicted molar refractivity (Wildman–Crippen MR) is 64.2 cm³/mol. The Labute approximate surface area is 101 Å². The molecule has 0 saturated heterocycles. The van der Waals surface area contributed by atoms with Gasteiger partial charge in [0.05, 0.1) is 5.41 Å². The quantitative estimate of drug-likeness (QED) is 0.552. The van der Waals surface area contributed by atoms with Gasteiger partial charge in [0, 0.05) is 17.5 Å². The summed E-state index contributed by atoms with van der Waals surface area (Å²) in [6.07, 6.45) is 1.18. The fraction of sp³-hybridized carbons (Fsp3) is 0.429. The lowest BCUT2D eigenvalue weighted by Gasteiger charge is -2.17. The Morgan fingerprint density at radius 1 is 1.24 bits per heavy atom. The van der Waals surface area contributed by atoms with Gasteiger partial charge < -0.3 is 4.74 Å². The number of hydrogen-bond donors (Lipinski definition) is 0. The van der Waals surface area contributed by atoms with Crippen LogP contribution in [0.2, 0.25) is 0 Å². The predicted octanol–water partition coefficient (Wildman–Crippen LogP) is 2.77. The fourth-order valence-corrected chi connectivity index (χ4v) is 1.81. The van der Waals surface area contributed by atoms with Gasteiger partial charge >= 0.3 is 5.97 Å². The molecule has 0 radical (unpaired) electrons. The molecule has 1 aliphatic rings. The van der Waals surface area contributed by atoms with Crippen molar-refractivity contribution in [2.75, 3.05) is 0 Å². The van der Waals surface area contributed by atoms with E-state index < -0.39 is 5.41 Å². The number of carbonyl (C=O) groups is 2. The number of rotatable bonds is 1. The molecule has 0 aliphatic heterocycles. The van der Waals surface area contributed by atoms with Gasteiger partial charge in [-0.2, -0.15) is 0 Å². The molecule has 0 spiro atoms. The van der Waals surface area contributed by atoms with Crippen LogP contribution >= 0.6 is 0 Å². The second kappa shape index (κ2) is 3.99. The van der Waals surface area contributed by atoms with Crippen LogP contribution in [0.3, 0.4) is 0 Å². The molecule has 0 fully saturated rings. The van der Waals surface area contributed by atoms with E-state index in [-0.39, 0.29) is 11.8 Å². The molecule has 3 nitrogen and oxygen atoms in total. The van der Waals surface area contributed by atoms with Crippen LogP contribution in [0.25, 0.3) is 0 Å². The minimum Gasteiger partial charge on any atom is -0.426 e. The van der Waals surface area contributed by atoms with Crippen LogP contribution in [0.5, 0.6) is 5.75 Å². The summed E-state index contributed by atoms with van der Waals surface area (Å²) in [6, 6.07) is 5.30. The first kappa shape index (κ1) is 11.8. The van der Waals surface area contributed by atoms with E-state index in [2.05, 4.69) is 0 Å². The Morgan fingerprint density at radius 2 is 1.94 bits per heavy atom. The molecule has 1 aromatic rings. The summed E-state index contributed by atoms with van der Waals surface area (Å²) in [5.41, 5.74) is 1.03. The van der Waals surface area contributed by atoms with Gasteiger partial charge in [-0.05, 0) is 33.3 Å². The maximum absolute atomic E-state index is 11.8. The van der Waals surface area contributed by atoms with E-state index in [4.69, 9.17) is 4.74 Å². The maximum atomic E-state index is 11.8. The summed E-state index contributed by atoms with van der Waals surface area (Å²) < 4.78 is 5.38. The molecule has 1 aliphatic carbocycles. The molecule has 3 heteroatoms. The smallest absolute Gasteiger partial charge is 0.316 e. The number of carbonyl (C=O) groups excluding carboxylic acids is 2. The van der Waals surface area contributed by atoms with E-state index >= 15 is 0 Å². The summed E-state index contributed by atoms with van der Waals surface area (Å²) in [5, 5.41) is 0. The normalized spacial score (nSPS) is 14.6. The molecule has 0 heterocycles. The van der Waals surface area contributed by atoms with E-state index in [1.807, 2.05) is 20.8 Å². The lowest BCUT2D eigenvalue weighted by atomic mass is 9.97. The number of ketones is 1. The summed E-state index contributed by atoms with van der Waals surface area (Å²) in [6.45, 7) is 5.43. The van der Waals surface area contributed by atoms with E-state index in [1.54, 1.807) is 18.2 Å². The third kappa shape index (κ3) is 2.23. The summed E-state index contributed by atoms with van der Waals surface area (Å²) >= 11 is 0. The van der Waals surface area contributed by atoms with Gasteiger partial charge in [0.15, 0.2) is 5.78 Å². The fourth-order valence-electron chi connectivity index (χ4n) is 1.81. The molecule has 0 amide bonds. The summed E-state index contributed by atoms with van der Waals surface area (Å²) in [4.78, 5) is 23.4. The zero-order valence-corrected chi connectivity index (χ0v) is 10.4. The highest BCUT2D eigenvalue weighted by molar-refractivity contribution is 6.01. The number of Topliss-reactive ketones (excluding diaryl/α,β-unsaturated/α-hetero) is 1. The van der Waals surface area contributed by atoms with E-state index in [0.717, 1.165) is 5.56 Å². The van der Waals surface area contributed by atoms with Crippen molar-refractivity contribution in [3.05, 3.63) is 29.3 Å². The molecule has 17 heavy (non-hydrogen) atoms. The molecule has 0 N–H and O–H groups in total. The van der Waals surface area contributed by atoms with Gasteiger partial charge in [0.25, 0.3) is 0 Å². The average Bonchev–Trinajstić information content (AvgIpc) is 2.60. The van der Waals surface area contributed by atoms with Crippen LogP contribution in [0, 0.1) is 5.41 Å². The number of esters is 1. The molecular weight excluding hydrogens is 216 g/mol. The molecule has 0 bridgehead atoms. The van der Waals surface area contributed by atoms with E-state index in [0.29, 0.717) is 24.2 Å². The van der Waals surface area contributed by atoms with Crippen molar-refractivity contribution in [1.29, 1.82) is 0 Å². The zero-order valence-electron chi connectivity index (χ0n) is 10.4. The van der Waals surface area contributed by atoms with Gasteiger partial charge in [-0.25, -0.2) is 0 Å². The Hall–Kier alpha value is -1.64. The lowest BCUT2D eigenvalue weighted by molar-refractivity contribution is -0.143. The molecule has 0 unspecified atom stereocenters. The molecule has 0 aromatic heterocycles. The van der Waals surface area contributed by atoms with Crippen LogP contribution in [0.1, 0.15) is 43.1 Å². The molecule has 2 rings (SSSR count). The van der Waals surface area contributed by atoms with Crippen LogP contribution < -0.4 is 4.74 Å². The molecule has 90 valence electrons. The van der Waals surface area contributed by atoms with Crippen molar-refractivity contribution < 1.29 is 14.3 Å². The van der Waals surface area contributed by atoms with Crippen molar-refractivity contribution in [3.8, 4) is 5.75 Å². The Morgan fingerprint density at radius 3 is 2.59 bits per heavy atom. The van der Waals surface area contributed by atoms with Crippen molar-refractivity contribution in [3.63, 3.8) is 0 Å². The third-order valence-electron chi connectivity index (χ3n) is 2.85. The molecule has 0 saturated carbocycles. The highest BCUT2D eigenvalue weighted by Crippen LogP contribution is 2.31. The lowest BCUT2D eigenvalue weighted by Crippen LogP contribution is -2.26. The van der Waals surface area contributed by atoms with Gasteiger partial charge in [-0.3, -0.25) is 9.59 Å². The van der Waals surface area contributed by atoms with Crippen LogP contribution in [0.15, 0.2) is 18.2 Å². The number of hydrogen-bond acceptors (Lipinski definition) is 3. The number of ether oxygens (including phenoxy) is 1. The number of fused-ring (bicyclic) bond motifs is 1. The molecule has 1 aromatic carbocycles. The van der Waals surface area contributed by atoms with Crippen molar-refractivity contribution in [1.82, 2.24) is 0 Å². The topological polar surface area (TPSA) is 43.4 Å². The molecule has 0 atom stereocenters. The van der Waals surface area contributed by atoms with Crippen LogP contribution in [-0.4, -0.2) is 11.8 Å². The standard InChI is InChI=1S/C14H16O3/c1-14(2,3)13(16)17-12-6-4-5-9-10(12)7-8-11(9)15/h4-6H,7-8H2,1-3H3. The zero-order chi connectivity index (χ0) is 12.6. The number of benzene rings is 1. The van der Waals surface area contributed by atoms with Gasteiger partial charge in [-0.1, -0.05) is 12.1 Å². The van der Waals surface area contributed by atoms with Gasteiger partial charge in [0.2, 0.25) is 0 Å². The van der Waals surface area contributed by atoms with Gasteiger partial charge in [-0.15, -0.1) is 0 Å². The second-order valence-corrected chi connectivity index (χ2v) is 5.34. The van der Waals surface area contributed by atoms with Crippen molar-refractivity contribution in [2.45, 2.75) is 33.6 Å². The summed E-state index contributed by atoms with van der Waals surface area (Å²) in [7, 11) is 0. The van der Waals surface area contributed by atoms with Crippen LogP contribution in [0.4, 0.5) is 0 Å². The Bertz CT molecular complexity index is 481. The first-order valence-corrected chi connectivity index (χ1v) is 5.77. The first-order chi connectivity index (χ1) is 7.89. The minimum absolute atomic E-state index is 0.133. The van der Waals surface area contributed by atoms with Gasteiger partial charge in [0.1, 0.15) is 5.75 Å². The second-order valence-electron chi connectivity index (χ2n) is 5.34. The Kier molecular flexibility index (Phi) is 2.77. The summed E-state index contributed by atoms with van der Waals surface area (Å²) in [5.74, 6) is 0.396. The van der Waals surface area contributed by atoms with Crippen molar-refractivity contribution >= 4 is 11.8 Å². The van der Waals surface area contributed by atoms with E-state index in [9.17, 15) is 9.59 Å². The monoisotopic (exact) mass is 232 g/mol. The van der Waals surface area contributed by atoms with Crippen LogP contribution in [-0.2, 0) is 11.2 Å². The largest absolute Gasteiger partial charge is 0.426 e. The average molecular weight is 232 g/mol. The molecular formula is C14H16O3. The first-order valence-electron chi connectivity index (χ1n) is 5.77. The van der Waals surface area contributed by atoms with E-state index in [1.165, 1.54) is 0 Å². The van der Waals surface area contributed by atoms with Crippen molar-refractivity contribution in [2.24, 2.45) is 5.41 Å². The minimum atomic E-state index is -0.536. The highest BCUT2D eigenvalue weighted by atomic mass is 16.5. The third-order valence-corrected chi connectivity index (χ3v) is 2.85. The SMILES string of the molecule is CC(C)(C)C(=O)Oc1cccc2c1CCC2=O.